The number of nitrogens with one attached hydrogen (secondary N) is 1. The van der Waals surface area contributed by atoms with Crippen molar-refractivity contribution in [3.8, 4) is 0 Å². The summed E-state index contributed by atoms with van der Waals surface area (Å²) in [6, 6.07) is 2.09. The average Bonchev–Trinajstić information content (AvgIpc) is 2.67. The summed E-state index contributed by atoms with van der Waals surface area (Å²) in [6.07, 6.45) is -1.04. The summed E-state index contributed by atoms with van der Waals surface area (Å²) in [5.74, 6) is -3.01. The van der Waals surface area contributed by atoms with Gasteiger partial charge in [-0.05, 0) is 19.1 Å². The van der Waals surface area contributed by atoms with Gasteiger partial charge in [0.2, 0.25) is 0 Å². The Morgan fingerprint density at radius 1 is 1.58 bits per heavy atom. The molecule has 0 atom stereocenters. The summed E-state index contributed by atoms with van der Waals surface area (Å²) < 4.78 is 35.7. The highest BCUT2D eigenvalue weighted by Crippen LogP contribution is 2.16. The Bertz CT molecular complexity index is 633. The molecule has 0 aliphatic heterocycles. The van der Waals surface area contributed by atoms with E-state index in [2.05, 4.69) is 34.9 Å². The molecule has 0 aromatic carbocycles. The molecule has 2 heterocycles. The van der Waals surface area contributed by atoms with Crippen LogP contribution in [0.5, 0.6) is 0 Å². The van der Waals surface area contributed by atoms with Crippen molar-refractivity contribution in [2.75, 3.05) is 0 Å². The smallest absolute Gasteiger partial charge is 0.430 e. The average molecular weight is 310 g/mol. The van der Waals surface area contributed by atoms with Crippen molar-refractivity contribution in [3.63, 3.8) is 0 Å². The fourth-order valence-electron chi connectivity index (χ4n) is 1.14. The number of pyridine rings is 1. The summed E-state index contributed by atoms with van der Waals surface area (Å²) in [5.41, 5.74) is 1.13. The van der Waals surface area contributed by atoms with Crippen molar-refractivity contribution in [2.45, 2.75) is 19.6 Å². The van der Waals surface area contributed by atoms with E-state index in [4.69, 9.17) is 22.1 Å². The third-order valence-corrected chi connectivity index (χ3v) is 3.23. The van der Waals surface area contributed by atoms with Crippen LogP contribution in [0.3, 0.4) is 0 Å². The van der Waals surface area contributed by atoms with E-state index in [0.29, 0.717) is 0 Å². The van der Waals surface area contributed by atoms with E-state index in [9.17, 15) is 13.2 Å². The van der Waals surface area contributed by atoms with Crippen LogP contribution in [0, 0.1) is 3.95 Å². The van der Waals surface area contributed by atoms with Crippen LogP contribution in [-0.4, -0.2) is 17.1 Å². The van der Waals surface area contributed by atoms with Crippen molar-refractivity contribution >= 4 is 39.7 Å². The van der Waals surface area contributed by atoms with E-state index < -0.39 is 12.1 Å². The third kappa shape index (κ3) is 4.60. The van der Waals surface area contributed by atoms with Gasteiger partial charge in [-0.2, -0.15) is 13.2 Å². The number of fused-ring (bicyclic) bond motifs is 1. The Hall–Kier alpha value is -1.48. The number of aromatic nitrogens is 2. The monoisotopic (exact) mass is 310 g/mol. The van der Waals surface area contributed by atoms with E-state index in [-0.39, 0.29) is 0 Å². The standard InChI is InChI=1S/C8H8N2S2.C2HF3O2/c1-2-10-4-3-7-6(5-10)9-8(11)12-7;3-2(4,5)1(6)7/h3-5H,2H2,1H3;(H,6,7). The lowest BCUT2D eigenvalue weighted by atomic mass is 10.4. The summed E-state index contributed by atoms with van der Waals surface area (Å²) in [5, 5.41) is 8.78. The largest absolute Gasteiger partial charge is 0.542 e. The zero-order valence-electron chi connectivity index (χ0n) is 9.65. The normalized spacial score (nSPS) is 10.9. The van der Waals surface area contributed by atoms with Crippen molar-refractivity contribution in [3.05, 3.63) is 22.4 Å². The highest BCUT2D eigenvalue weighted by molar-refractivity contribution is 7.73. The number of aliphatic carboxylic acids is 1. The van der Waals surface area contributed by atoms with E-state index >= 15 is 0 Å². The summed E-state index contributed by atoms with van der Waals surface area (Å²) in [4.78, 5) is 11.9. The molecule has 1 N–H and O–H groups in total. The molecule has 0 amide bonds. The summed E-state index contributed by atoms with van der Waals surface area (Å²) in [7, 11) is 0. The van der Waals surface area contributed by atoms with Crippen molar-refractivity contribution in [1.82, 2.24) is 4.98 Å². The summed E-state index contributed by atoms with van der Waals surface area (Å²) in [6.45, 7) is 3.11. The zero-order chi connectivity index (χ0) is 14.6. The number of nitrogens with zero attached hydrogens (tertiary/aromatic N) is 1. The molecule has 0 aliphatic carbocycles. The number of carbonyl (C=O) groups is 1. The number of aryl methyl sites for hydroxylation is 1. The van der Waals surface area contributed by atoms with Crippen LogP contribution >= 0.6 is 23.6 Å². The van der Waals surface area contributed by atoms with Gasteiger partial charge in [0.25, 0.3) is 0 Å². The molecule has 0 saturated carbocycles. The molecule has 2 aromatic rings. The molecule has 0 spiro atoms. The highest BCUT2D eigenvalue weighted by Gasteiger charge is 2.28. The van der Waals surface area contributed by atoms with Gasteiger partial charge in [0.1, 0.15) is 18.0 Å². The number of halogens is 3. The lowest BCUT2D eigenvalue weighted by molar-refractivity contribution is -0.692. The Morgan fingerprint density at radius 2 is 2.16 bits per heavy atom. The number of hydrogen-bond acceptors (Lipinski definition) is 4. The SMILES string of the molecule is CC[n+]1ccc2sc(=S)[nH]c2c1.O=C([O-])C(F)(F)F. The van der Waals surface area contributed by atoms with Gasteiger partial charge in [-0.15, -0.1) is 11.3 Å². The van der Waals surface area contributed by atoms with Crippen LogP contribution in [0.15, 0.2) is 18.5 Å². The molecule has 2 aromatic heterocycles. The molecule has 104 valence electrons. The second-order valence-corrected chi connectivity index (χ2v) is 5.07. The lowest BCUT2D eigenvalue weighted by Crippen LogP contribution is -2.37. The van der Waals surface area contributed by atoms with Crippen LogP contribution < -0.4 is 9.67 Å². The van der Waals surface area contributed by atoms with E-state index in [1.807, 2.05) is 0 Å². The maximum atomic E-state index is 10.5. The molecule has 0 unspecified atom stereocenters. The predicted octanol–water partition coefficient (Wildman–Crippen LogP) is 1.56. The second kappa shape index (κ2) is 6.11. The Morgan fingerprint density at radius 3 is 2.63 bits per heavy atom. The number of hydrogen-bond donors (Lipinski definition) is 1. The minimum Gasteiger partial charge on any atom is -0.542 e. The number of alkyl halides is 3. The quantitative estimate of drug-likeness (QED) is 0.642. The van der Waals surface area contributed by atoms with Crippen molar-refractivity contribution in [1.29, 1.82) is 0 Å². The first-order chi connectivity index (χ1) is 8.74. The molecule has 0 fully saturated rings. The molecule has 4 nitrogen and oxygen atoms in total. The highest BCUT2D eigenvalue weighted by atomic mass is 32.1. The van der Waals surface area contributed by atoms with Crippen molar-refractivity contribution < 1.29 is 27.6 Å². The van der Waals surface area contributed by atoms with Gasteiger partial charge in [-0.3, -0.25) is 0 Å². The predicted molar refractivity (Wildman–Crippen MR) is 63.9 cm³/mol. The molecular weight excluding hydrogens is 301 g/mol. The van der Waals surface area contributed by atoms with Gasteiger partial charge in [-0.25, -0.2) is 4.57 Å². The van der Waals surface area contributed by atoms with Gasteiger partial charge < -0.3 is 14.9 Å². The van der Waals surface area contributed by atoms with Gasteiger partial charge in [0.05, 0.1) is 4.70 Å². The van der Waals surface area contributed by atoms with Crippen LogP contribution in [0.4, 0.5) is 13.2 Å². The fraction of sp³-hybridized carbons (Fsp3) is 0.300. The minimum atomic E-state index is -5.19. The fourth-order valence-corrected chi connectivity index (χ4v) is 2.22. The minimum absolute atomic E-state index is 0.846. The molecule has 19 heavy (non-hydrogen) atoms. The first-order valence-electron chi connectivity index (χ1n) is 5.04. The lowest BCUT2D eigenvalue weighted by Gasteiger charge is -2.03. The van der Waals surface area contributed by atoms with E-state index in [1.54, 1.807) is 11.3 Å². The van der Waals surface area contributed by atoms with Crippen LogP contribution in [0.1, 0.15) is 6.92 Å². The van der Waals surface area contributed by atoms with Crippen LogP contribution in [0.2, 0.25) is 0 Å². The molecule has 0 aliphatic rings. The number of carboxylic acids is 1. The Labute approximate surface area is 115 Å². The second-order valence-electron chi connectivity index (χ2n) is 3.35. The van der Waals surface area contributed by atoms with Gasteiger partial charge >= 0.3 is 6.18 Å². The van der Waals surface area contributed by atoms with Crippen LogP contribution in [0.25, 0.3) is 10.2 Å². The molecular formula is C10H9F3N2O2S2. The maximum absolute atomic E-state index is 10.5. The topological polar surface area (TPSA) is 59.8 Å². The molecule has 0 saturated heterocycles. The number of carbonyl (C=O) groups excluding carboxylic acids is 1. The number of thiazole rings is 1. The Kier molecular flexibility index (Phi) is 5.01. The number of carboxylic acid groups (broad SMARTS) is 1. The first-order valence-corrected chi connectivity index (χ1v) is 6.26. The molecule has 9 heteroatoms. The van der Waals surface area contributed by atoms with Gasteiger partial charge in [0.15, 0.2) is 16.3 Å². The van der Waals surface area contributed by atoms with E-state index in [1.165, 1.54) is 4.70 Å². The number of H-pyrrole nitrogens is 1. The third-order valence-electron chi connectivity index (χ3n) is 2.01. The first kappa shape index (κ1) is 15.6. The van der Waals surface area contributed by atoms with Crippen LogP contribution in [-0.2, 0) is 11.3 Å². The van der Waals surface area contributed by atoms with Gasteiger partial charge in [0, 0.05) is 6.07 Å². The van der Waals surface area contributed by atoms with Gasteiger partial charge in [-0.1, -0.05) is 0 Å². The molecule has 0 bridgehead atoms. The number of rotatable bonds is 1. The van der Waals surface area contributed by atoms with Crippen molar-refractivity contribution in [2.24, 2.45) is 0 Å². The molecule has 0 radical (unpaired) electrons. The summed E-state index contributed by atoms with van der Waals surface area (Å²) >= 11 is 6.66. The maximum Gasteiger partial charge on any atom is 0.430 e. The van der Waals surface area contributed by atoms with E-state index in [0.717, 1.165) is 16.0 Å². The number of aromatic amines is 1. The molecule has 2 rings (SSSR count). The zero-order valence-corrected chi connectivity index (χ0v) is 11.3. The Balaban J connectivity index is 0.000000224.